The van der Waals surface area contributed by atoms with Crippen LogP contribution in [0.4, 0.5) is 11.4 Å². The average molecular weight is 541 g/mol. The van der Waals surface area contributed by atoms with Crippen molar-refractivity contribution in [3.63, 3.8) is 0 Å². The van der Waals surface area contributed by atoms with Crippen LogP contribution in [-0.2, 0) is 22.7 Å². The lowest BCUT2D eigenvalue weighted by Crippen LogP contribution is -2.37. The van der Waals surface area contributed by atoms with Crippen molar-refractivity contribution in [1.82, 2.24) is 0 Å². The maximum absolute atomic E-state index is 12.7. The molecule has 1 heterocycles. The zero-order valence-electron chi connectivity index (χ0n) is 22.6. The summed E-state index contributed by atoms with van der Waals surface area (Å²) in [6.45, 7) is 4.41. The van der Waals surface area contributed by atoms with E-state index in [9.17, 15) is 14.7 Å². The molecule has 0 radical (unpaired) electrons. The van der Waals surface area contributed by atoms with E-state index in [-0.39, 0.29) is 18.0 Å². The number of fused-ring (bicyclic) bond motifs is 1. The lowest BCUT2D eigenvalue weighted by Gasteiger charge is -2.31. The van der Waals surface area contributed by atoms with Gasteiger partial charge in [-0.05, 0) is 52.2 Å². The lowest BCUT2D eigenvalue weighted by molar-refractivity contribution is -0.116. The summed E-state index contributed by atoms with van der Waals surface area (Å²) in [5.41, 5.74) is 3.18. The maximum atomic E-state index is 12.7. The van der Waals surface area contributed by atoms with E-state index in [1.54, 1.807) is 30.2 Å². The van der Waals surface area contributed by atoms with Gasteiger partial charge in [-0.1, -0.05) is 48.5 Å². The van der Waals surface area contributed by atoms with Crippen LogP contribution >= 0.6 is 0 Å². The molecule has 0 atom stereocenters. The number of carbonyl (C=O) groups is 2. The van der Waals surface area contributed by atoms with Gasteiger partial charge in [0.25, 0.3) is 0 Å². The molecule has 0 spiro atoms. The summed E-state index contributed by atoms with van der Waals surface area (Å²) in [4.78, 5) is 28.4. The number of carboxylic acids is 1. The number of benzene rings is 4. The van der Waals surface area contributed by atoms with Crippen molar-refractivity contribution in [1.29, 1.82) is 0 Å². The Hall–Kier alpha value is -4.56. The van der Waals surface area contributed by atoms with E-state index < -0.39 is 5.97 Å². The second-order valence-electron chi connectivity index (χ2n) is 9.62. The van der Waals surface area contributed by atoms with Gasteiger partial charge in [0.1, 0.15) is 6.61 Å². The van der Waals surface area contributed by atoms with Crippen LogP contribution in [0.3, 0.4) is 0 Å². The van der Waals surface area contributed by atoms with Gasteiger partial charge in [0, 0.05) is 25.7 Å². The van der Waals surface area contributed by atoms with Gasteiger partial charge in [0.05, 0.1) is 38.1 Å². The zero-order chi connectivity index (χ0) is 28.1. The van der Waals surface area contributed by atoms with E-state index in [0.29, 0.717) is 55.8 Å². The van der Waals surface area contributed by atoms with Crippen LogP contribution in [0.1, 0.15) is 28.4 Å². The van der Waals surface area contributed by atoms with Crippen molar-refractivity contribution in [3.8, 4) is 11.5 Å². The molecule has 5 rings (SSSR count). The number of ether oxygens (including phenoxy) is 3. The van der Waals surface area contributed by atoms with E-state index in [2.05, 4.69) is 18.2 Å². The first-order valence-corrected chi connectivity index (χ1v) is 13.2. The van der Waals surface area contributed by atoms with Gasteiger partial charge >= 0.3 is 5.97 Å². The number of carbonyl (C=O) groups excluding carboxylic acids is 1. The SMILES string of the molecule is COc1cc(CN(C(C)=O)c2ccc(N3CCOCC3)c(C(=O)O)c2)ccc1OCc1cccc2ccccc12. The minimum Gasteiger partial charge on any atom is -0.493 e. The maximum Gasteiger partial charge on any atom is 0.337 e. The number of hydrogen-bond acceptors (Lipinski definition) is 6. The molecule has 8 nitrogen and oxygen atoms in total. The Labute approximate surface area is 233 Å². The monoisotopic (exact) mass is 540 g/mol. The summed E-state index contributed by atoms with van der Waals surface area (Å²) < 4.78 is 17.2. The fourth-order valence-corrected chi connectivity index (χ4v) is 5.01. The first-order valence-electron chi connectivity index (χ1n) is 13.2. The quantitative estimate of drug-likeness (QED) is 0.299. The molecule has 0 aliphatic carbocycles. The molecule has 4 aromatic carbocycles. The number of amides is 1. The third-order valence-corrected chi connectivity index (χ3v) is 7.09. The Morgan fingerprint density at radius 2 is 1.73 bits per heavy atom. The van der Waals surface area contributed by atoms with E-state index in [1.807, 2.05) is 47.4 Å². The Morgan fingerprint density at radius 1 is 0.950 bits per heavy atom. The molecule has 4 aromatic rings. The smallest absolute Gasteiger partial charge is 0.337 e. The molecule has 206 valence electrons. The minimum absolute atomic E-state index is 0.153. The topological polar surface area (TPSA) is 88.5 Å². The molecule has 1 aliphatic rings. The molecule has 1 fully saturated rings. The number of morpholine rings is 1. The van der Waals surface area contributed by atoms with E-state index in [4.69, 9.17) is 14.2 Å². The van der Waals surface area contributed by atoms with Gasteiger partial charge < -0.3 is 29.1 Å². The molecule has 8 heteroatoms. The Bertz CT molecular complexity index is 1520. The van der Waals surface area contributed by atoms with Crippen molar-refractivity contribution in [2.24, 2.45) is 0 Å². The summed E-state index contributed by atoms with van der Waals surface area (Å²) in [5.74, 6) is -0.0985. The fraction of sp³-hybridized carbons (Fsp3) is 0.250. The highest BCUT2D eigenvalue weighted by Crippen LogP contribution is 2.32. The number of hydrogen-bond donors (Lipinski definition) is 1. The summed E-state index contributed by atoms with van der Waals surface area (Å²) >= 11 is 0. The average Bonchev–Trinajstić information content (AvgIpc) is 2.99. The van der Waals surface area contributed by atoms with Gasteiger partial charge in [-0.2, -0.15) is 0 Å². The fourth-order valence-electron chi connectivity index (χ4n) is 5.01. The van der Waals surface area contributed by atoms with Crippen LogP contribution in [0, 0.1) is 0 Å². The van der Waals surface area contributed by atoms with Crippen LogP contribution < -0.4 is 19.3 Å². The van der Waals surface area contributed by atoms with Crippen LogP contribution in [0.2, 0.25) is 0 Å². The Morgan fingerprint density at radius 3 is 2.48 bits per heavy atom. The summed E-state index contributed by atoms with van der Waals surface area (Å²) in [6.07, 6.45) is 0. The number of rotatable bonds is 9. The van der Waals surface area contributed by atoms with Crippen LogP contribution in [-0.4, -0.2) is 50.4 Å². The van der Waals surface area contributed by atoms with Crippen LogP contribution in [0.5, 0.6) is 11.5 Å². The zero-order valence-corrected chi connectivity index (χ0v) is 22.6. The van der Waals surface area contributed by atoms with Gasteiger partial charge in [0.2, 0.25) is 5.91 Å². The van der Waals surface area contributed by atoms with Crippen molar-refractivity contribution in [2.45, 2.75) is 20.1 Å². The summed E-state index contributed by atoms with van der Waals surface area (Å²) in [6, 6.07) is 25.0. The van der Waals surface area contributed by atoms with Gasteiger partial charge in [0.15, 0.2) is 11.5 Å². The van der Waals surface area contributed by atoms with E-state index >= 15 is 0 Å². The first kappa shape index (κ1) is 27.0. The number of nitrogens with zero attached hydrogens (tertiary/aromatic N) is 2. The normalized spacial score (nSPS) is 13.2. The second-order valence-corrected chi connectivity index (χ2v) is 9.62. The number of carboxylic acid groups (broad SMARTS) is 1. The molecule has 0 aromatic heterocycles. The lowest BCUT2D eigenvalue weighted by atomic mass is 10.1. The second kappa shape index (κ2) is 12.1. The van der Waals surface area contributed by atoms with E-state index in [0.717, 1.165) is 21.9 Å². The standard InChI is InChI=1S/C32H32N2O6/c1-22(35)34(26-11-12-29(28(19-26)32(36)37)33-14-16-39-17-15-33)20-23-10-13-30(31(18-23)38-2)40-21-25-8-5-7-24-6-3-4-9-27(24)25/h3-13,18-19H,14-17,20-21H2,1-2H3,(H,36,37). The van der Waals surface area contributed by atoms with E-state index in [1.165, 1.54) is 6.92 Å². The molecule has 0 unspecified atom stereocenters. The molecule has 1 aliphatic heterocycles. The first-order chi connectivity index (χ1) is 19.4. The summed E-state index contributed by atoms with van der Waals surface area (Å²) in [7, 11) is 1.58. The molecular weight excluding hydrogens is 508 g/mol. The highest BCUT2D eigenvalue weighted by Gasteiger charge is 2.22. The highest BCUT2D eigenvalue weighted by molar-refractivity contribution is 5.98. The van der Waals surface area contributed by atoms with Crippen molar-refractivity contribution in [2.75, 3.05) is 43.2 Å². The number of aromatic carboxylic acids is 1. The van der Waals surface area contributed by atoms with Gasteiger partial charge in [-0.15, -0.1) is 0 Å². The predicted octanol–water partition coefficient (Wildman–Crippen LogP) is 5.52. The molecule has 0 saturated carbocycles. The van der Waals surface area contributed by atoms with Crippen molar-refractivity contribution >= 4 is 34.0 Å². The molecule has 0 bridgehead atoms. The Balaban J connectivity index is 1.36. The van der Waals surface area contributed by atoms with Crippen molar-refractivity contribution in [3.05, 3.63) is 95.6 Å². The Kier molecular flexibility index (Phi) is 8.17. The van der Waals surface area contributed by atoms with Gasteiger partial charge in [-0.25, -0.2) is 4.79 Å². The number of methoxy groups -OCH3 is 1. The summed E-state index contributed by atoms with van der Waals surface area (Å²) in [5, 5.41) is 12.2. The highest BCUT2D eigenvalue weighted by atomic mass is 16.5. The number of anilines is 2. The molecule has 40 heavy (non-hydrogen) atoms. The predicted molar refractivity (Wildman–Crippen MR) is 155 cm³/mol. The van der Waals surface area contributed by atoms with Crippen molar-refractivity contribution < 1.29 is 28.9 Å². The third-order valence-electron chi connectivity index (χ3n) is 7.09. The molecular formula is C32H32N2O6. The minimum atomic E-state index is -1.04. The third kappa shape index (κ3) is 5.87. The van der Waals surface area contributed by atoms with Gasteiger partial charge in [-0.3, -0.25) is 4.79 Å². The van der Waals surface area contributed by atoms with Crippen LogP contribution in [0.25, 0.3) is 10.8 Å². The molecule has 1 amide bonds. The van der Waals surface area contributed by atoms with Crippen LogP contribution in [0.15, 0.2) is 78.9 Å². The molecule has 1 saturated heterocycles. The largest absolute Gasteiger partial charge is 0.493 e. The molecule has 1 N–H and O–H groups in total.